The van der Waals surface area contributed by atoms with Gasteiger partial charge in [-0.3, -0.25) is 0 Å². The van der Waals surface area contributed by atoms with Crippen LogP contribution < -0.4 is 4.57 Å². The maximum Gasteiger partial charge on any atom is 0.212 e. The van der Waals surface area contributed by atoms with Gasteiger partial charge in [-0.2, -0.15) is 0 Å². The highest BCUT2D eigenvalue weighted by Crippen LogP contribution is 2.44. The molecule has 0 fully saturated rings. The Bertz CT molecular complexity index is 1800. The molecule has 31 heavy (non-hydrogen) atoms. The Labute approximate surface area is 179 Å². The van der Waals surface area contributed by atoms with Crippen LogP contribution >= 0.6 is 0 Å². The minimum Gasteiger partial charge on any atom is -0.308 e. The minimum absolute atomic E-state index is 1.24. The molecule has 0 aliphatic rings. The monoisotopic (exact) mass is 397 g/mol. The molecule has 4 aromatic carbocycles. The Morgan fingerprint density at radius 1 is 0.677 bits per heavy atom. The van der Waals surface area contributed by atoms with Crippen LogP contribution in [0.4, 0.5) is 0 Å². The minimum atomic E-state index is 1.24. The number of nitrogens with zero attached hydrogens (tertiary/aromatic N) is 2. The van der Waals surface area contributed by atoms with Gasteiger partial charge in [-0.25, -0.2) is 4.57 Å². The molecule has 0 radical (unpaired) electrons. The van der Waals surface area contributed by atoms with E-state index >= 15 is 0 Å². The highest BCUT2D eigenvalue weighted by molar-refractivity contribution is 6.26. The Hall–Kier alpha value is -3.91. The van der Waals surface area contributed by atoms with E-state index in [9.17, 15) is 0 Å². The Morgan fingerprint density at radius 2 is 1.42 bits per heavy atom. The number of fused-ring (bicyclic) bond motifs is 7. The van der Waals surface area contributed by atoms with Gasteiger partial charge in [0.15, 0.2) is 6.20 Å². The maximum absolute atomic E-state index is 2.48. The van der Waals surface area contributed by atoms with Gasteiger partial charge in [0, 0.05) is 33.7 Å². The molecular weight excluding hydrogens is 376 g/mol. The average Bonchev–Trinajstić information content (AvgIpc) is 3.30. The zero-order chi connectivity index (χ0) is 20.7. The highest BCUT2D eigenvalue weighted by atomic mass is 14.9. The Morgan fingerprint density at radius 3 is 2.26 bits per heavy atom. The Kier molecular flexibility index (Phi) is 3.17. The van der Waals surface area contributed by atoms with Crippen molar-refractivity contribution in [1.82, 2.24) is 4.40 Å². The van der Waals surface area contributed by atoms with Crippen LogP contribution in [0.25, 0.3) is 60.1 Å². The second kappa shape index (κ2) is 5.83. The number of benzene rings is 4. The van der Waals surface area contributed by atoms with Crippen LogP contribution in [0.15, 0.2) is 91.1 Å². The van der Waals surface area contributed by atoms with Crippen molar-refractivity contribution in [3.8, 4) is 11.3 Å². The fraction of sp³-hybridized carbons (Fsp3) is 0.0690. The van der Waals surface area contributed by atoms with E-state index in [0.717, 1.165) is 0 Å². The molecule has 7 aromatic rings. The summed E-state index contributed by atoms with van der Waals surface area (Å²) in [5, 5.41) is 7.92. The van der Waals surface area contributed by atoms with E-state index in [1.807, 2.05) is 0 Å². The van der Waals surface area contributed by atoms with Crippen molar-refractivity contribution < 1.29 is 4.57 Å². The van der Waals surface area contributed by atoms with Crippen LogP contribution in [0.1, 0.15) is 5.56 Å². The van der Waals surface area contributed by atoms with Crippen molar-refractivity contribution in [2.75, 3.05) is 0 Å². The largest absolute Gasteiger partial charge is 0.308 e. The van der Waals surface area contributed by atoms with Gasteiger partial charge in [0.05, 0.1) is 22.1 Å². The van der Waals surface area contributed by atoms with E-state index in [2.05, 4.69) is 114 Å². The van der Waals surface area contributed by atoms with Crippen LogP contribution in [0.5, 0.6) is 0 Å². The number of aryl methyl sites for hydroxylation is 2. The molecule has 0 aliphatic heterocycles. The number of hydrogen-bond donors (Lipinski definition) is 0. The molecule has 146 valence electrons. The maximum atomic E-state index is 2.48. The van der Waals surface area contributed by atoms with Gasteiger partial charge in [-0.1, -0.05) is 42.5 Å². The molecule has 0 atom stereocenters. The summed E-state index contributed by atoms with van der Waals surface area (Å²) in [6, 6.07) is 31.1. The summed E-state index contributed by atoms with van der Waals surface area (Å²) < 4.78 is 4.69. The van der Waals surface area contributed by atoms with E-state index in [4.69, 9.17) is 0 Å². The molecule has 2 nitrogen and oxygen atoms in total. The molecule has 0 bridgehead atoms. The van der Waals surface area contributed by atoms with Crippen LogP contribution in [0.3, 0.4) is 0 Å². The number of para-hydroxylation sites is 1. The zero-order valence-corrected chi connectivity index (χ0v) is 17.6. The molecule has 0 saturated heterocycles. The molecule has 3 aromatic heterocycles. The van der Waals surface area contributed by atoms with Crippen molar-refractivity contribution in [3.63, 3.8) is 0 Å². The standard InChI is InChI=1S/C29H21N2/c1-18-22(25-12-7-8-14-30(25)2)17-24-23-15-19-9-3-4-10-20(19)16-27(23)31-26-13-6-5-11-21(26)28(18)29(24)31/h3-17H,1-2H3/q+1. The molecule has 0 saturated carbocycles. The predicted molar refractivity (Wildman–Crippen MR) is 130 cm³/mol. The van der Waals surface area contributed by atoms with Gasteiger partial charge < -0.3 is 4.40 Å². The first-order valence-electron chi connectivity index (χ1n) is 10.8. The lowest BCUT2D eigenvalue weighted by Gasteiger charge is -2.08. The molecule has 0 amide bonds. The first-order chi connectivity index (χ1) is 15.2. The third-order valence-electron chi connectivity index (χ3n) is 6.92. The van der Waals surface area contributed by atoms with Crippen molar-refractivity contribution in [1.29, 1.82) is 0 Å². The summed E-state index contributed by atoms with van der Waals surface area (Å²) in [4.78, 5) is 0. The molecule has 0 unspecified atom stereocenters. The van der Waals surface area contributed by atoms with Gasteiger partial charge >= 0.3 is 0 Å². The first-order valence-corrected chi connectivity index (χ1v) is 10.8. The second-order valence-corrected chi connectivity index (χ2v) is 8.59. The molecule has 0 aliphatic carbocycles. The molecule has 7 rings (SSSR count). The van der Waals surface area contributed by atoms with Crippen LogP contribution in [-0.2, 0) is 7.05 Å². The fourth-order valence-electron chi connectivity index (χ4n) is 5.48. The van der Waals surface area contributed by atoms with Crippen molar-refractivity contribution in [2.24, 2.45) is 7.05 Å². The lowest BCUT2D eigenvalue weighted by atomic mass is 9.95. The lowest BCUT2D eigenvalue weighted by molar-refractivity contribution is -0.660. The zero-order valence-electron chi connectivity index (χ0n) is 17.6. The van der Waals surface area contributed by atoms with E-state index in [1.165, 1.54) is 65.7 Å². The summed E-state index contributed by atoms with van der Waals surface area (Å²) in [7, 11) is 2.13. The fourth-order valence-corrected chi connectivity index (χ4v) is 5.48. The summed E-state index contributed by atoms with van der Waals surface area (Å²) in [6.07, 6.45) is 2.13. The number of rotatable bonds is 1. The topological polar surface area (TPSA) is 8.29 Å². The predicted octanol–water partition coefficient (Wildman–Crippen LogP) is 6.79. The van der Waals surface area contributed by atoms with Crippen LogP contribution in [-0.4, -0.2) is 4.40 Å². The SMILES string of the molecule is Cc1c(-c2cccc[n+]2C)cc2c3cc4ccccc4cc3n3c4ccccc4c1c23. The third-order valence-corrected chi connectivity index (χ3v) is 6.92. The summed E-state index contributed by atoms with van der Waals surface area (Å²) >= 11 is 0. The molecule has 2 heteroatoms. The average molecular weight is 398 g/mol. The van der Waals surface area contributed by atoms with E-state index < -0.39 is 0 Å². The van der Waals surface area contributed by atoms with E-state index in [0.29, 0.717) is 0 Å². The van der Waals surface area contributed by atoms with Gasteiger partial charge in [0.25, 0.3) is 0 Å². The lowest BCUT2D eigenvalue weighted by Crippen LogP contribution is -2.30. The van der Waals surface area contributed by atoms with Crippen molar-refractivity contribution >= 4 is 48.9 Å². The summed E-state index contributed by atoms with van der Waals surface area (Å²) in [5.41, 5.74) is 7.79. The molecule has 0 spiro atoms. The van der Waals surface area contributed by atoms with Gasteiger partial charge in [-0.15, -0.1) is 0 Å². The third kappa shape index (κ3) is 2.09. The molecular formula is C29H21N2+. The highest BCUT2D eigenvalue weighted by Gasteiger charge is 2.23. The number of aromatic nitrogens is 2. The van der Waals surface area contributed by atoms with E-state index in [-0.39, 0.29) is 0 Å². The van der Waals surface area contributed by atoms with Gasteiger partial charge in [0.2, 0.25) is 5.69 Å². The van der Waals surface area contributed by atoms with Gasteiger partial charge in [-0.05, 0) is 53.6 Å². The van der Waals surface area contributed by atoms with Crippen LogP contribution in [0.2, 0.25) is 0 Å². The second-order valence-electron chi connectivity index (χ2n) is 8.59. The Balaban J connectivity index is 1.80. The van der Waals surface area contributed by atoms with E-state index in [1.54, 1.807) is 0 Å². The quantitative estimate of drug-likeness (QED) is 0.270. The van der Waals surface area contributed by atoms with Crippen LogP contribution in [0, 0.1) is 6.92 Å². The normalized spacial score (nSPS) is 12.2. The molecule has 0 N–H and O–H groups in total. The van der Waals surface area contributed by atoms with Crippen molar-refractivity contribution in [3.05, 3.63) is 96.7 Å². The summed E-state index contributed by atoms with van der Waals surface area (Å²) in [6.45, 7) is 2.28. The number of pyridine rings is 1. The van der Waals surface area contributed by atoms with Gasteiger partial charge in [0.1, 0.15) is 7.05 Å². The summed E-state index contributed by atoms with van der Waals surface area (Å²) in [5.74, 6) is 0. The smallest absolute Gasteiger partial charge is 0.212 e. The van der Waals surface area contributed by atoms with Crippen molar-refractivity contribution in [2.45, 2.75) is 6.92 Å². The molecule has 3 heterocycles. The first kappa shape index (κ1) is 16.8. The number of hydrogen-bond acceptors (Lipinski definition) is 0.